The Kier molecular flexibility index (Phi) is 2.56. The number of hydrogen-bond donors (Lipinski definition) is 1. The molecule has 0 fully saturated rings. The molecule has 0 amide bonds. The first-order valence-corrected chi connectivity index (χ1v) is 4.70. The van der Waals surface area contributed by atoms with Crippen LogP contribution in [0.15, 0.2) is 40.8 Å². The molecule has 78 valence electrons. The lowest BCUT2D eigenvalue weighted by Gasteiger charge is -1.99. The Morgan fingerprint density at radius 1 is 1.27 bits per heavy atom. The van der Waals surface area contributed by atoms with E-state index in [0.29, 0.717) is 17.1 Å². The molecule has 0 spiro atoms. The van der Waals surface area contributed by atoms with Gasteiger partial charge in [0.25, 0.3) is 0 Å². The third-order valence-corrected chi connectivity index (χ3v) is 2.15. The molecule has 1 unspecified atom stereocenters. The van der Waals surface area contributed by atoms with Crippen LogP contribution in [-0.2, 0) is 0 Å². The van der Waals surface area contributed by atoms with E-state index in [2.05, 4.69) is 0 Å². The zero-order valence-electron chi connectivity index (χ0n) is 8.27. The SMILES string of the molecule is CC(O)c1ccc(-c2cccc(F)c2)o1. The highest BCUT2D eigenvalue weighted by Gasteiger charge is 2.08. The van der Waals surface area contributed by atoms with Gasteiger partial charge >= 0.3 is 0 Å². The number of halogens is 1. The molecule has 0 saturated carbocycles. The molecule has 0 aliphatic rings. The van der Waals surface area contributed by atoms with Gasteiger partial charge in [0.05, 0.1) is 0 Å². The molecule has 2 rings (SSSR count). The lowest BCUT2D eigenvalue weighted by Crippen LogP contribution is -1.85. The van der Waals surface area contributed by atoms with Crippen molar-refractivity contribution < 1.29 is 13.9 Å². The van der Waals surface area contributed by atoms with E-state index in [1.54, 1.807) is 31.2 Å². The Balaban J connectivity index is 2.37. The molecule has 15 heavy (non-hydrogen) atoms. The lowest BCUT2D eigenvalue weighted by atomic mass is 10.2. The number of benzene rings is 1. The fraction of sp³-hybridized carbons (Fsp3) is 0.167. The Labute approximate surface area is 87.0 Å². The average Bonchev–Trinajstić information content (AvgIpc) is 2.66. The van der Waals surface area contributed by atoms with Crippen molar-refractivity contribution in [3.63, 3.8) is 0 Å². The molecule has 1 aromatic heterocycles. The standard InChI is InChI=1S/C12H11FO2/c1-8(14)11-5-6-12(15-11)9-3-2-4-10(13)7-9/h2-8,14H,1H3. The van der Waals surface area contributed by atoms with E-state index in [9.17, 15) is 9.50 Å². The van der Waals surface area contributed by atoms with Crippen molar-refractivity contribution in [2.75, 3.05) is 0 Å². The van der Waals surface area contributed by atoms with Crippen molar-refractivity contribution in [3.8, 4) is 11.3 Å². The van der Waals surface area contributed by atoms with Crippen molar-refractivity contribution in [1.29, 1.82) is 0 Å². The lowest BCUT2D eigenvalue weighted by molar-refractivity contribution is 0.170. The molecule has 0 radical (unpaired) electrons. The van der Waals surface area contributed by atoms with E-state index in [4.69, 9.17) is 4.42 Å². The number of aliphatic hydroxyl groups is 1. The van der Waals surface area contributed by atoms with E-state index in [1.807, 2.05) is 0 Å². The fourth-order valence-electron chi connectivity index (χ4n) is 1.37. The second-order valence-corrected chi connectivity index (χ2v) is 3.39. The minimum absolute atomic E-state index is 0.303. The van der Waals surface area contributed by atoms with E-state index >= 15 is 0 Å². The van der Waals surface area contributed by atoms with Gasteiger partial charge in [-0.3, -0.25) is 0 Å². The quantitative estimate of drug-likeness (QED) is 0.818. The summed E-state index contributed by atoms with van der Waals surface area (Å²) in [6.45, 7) is 1.62. The van der Waals surface area contributed by atoms with Gasteiger partial charge in [-0.25, -0.2) is 4.39 Å². The highest BCUT2D eigenvalue weighted by molar-refractivity contribution is 5.57. The molecule has 0 saturated heterocycles. The number of hydrogen-bond acceptors (Lipinski definition) is 2. The smallest absolute Gasteiger partial charge is 0.134 e. The summed E-state index contributed by atoms with van der Waals surface area (Å²) in [6.07, 6.45) is -0.646. The highest BCUT2D eigenvalue weighted by Crippen LogP contribution is 2.25. The van der Waals surface area contributed by atoms with E-state index < -0.39 is 6.10 Å². The fourth-order valence-corrected chi connectivity index (χ4v) is 1.37. The third-order valence-electron chi connectivity index (χ3n) is 2.15. The first-order chi connectivity index (χ1) is 7.16. The Bertz CT molecular complexity index is 460. The Morgan fingerprint density at radius 3 is 2.67 bits per heavy atom. The van der Waals surface area contributed by atoms with Gasteiger partial charge in [0.1, 0.15) is 23.4 Å². The topological polar surface area (TPSA) is 33.4 Å². The maximum atomic E-state index is 12.9. The summed E-state index contributed by atoms with van der Waals surface area (Å²) in [4.78, 5) is 0. The summed E-state index contributed by atoms with van der Waals surface area (Å²) in [6, 6.07) is 9.55. The van der Waals surface area contributed by atoms with E-state index in [0.717, 1.165) is 0 Å². The molecular weight excluding hydrogens is 195 g/mol. The molecule has 1 N–H and O–H groups in total. The van der Waals surface area contributed by atoms with Crippen molar-refractivity contribution >= 4 is 0 Å². The zero-order valence-corrected chi connectivity index (χ0v) is 8.27. The van der Waals surface area contributed by atoms with Gasteiger partial charge in [0.15, 0.2) is 0 Å². The van der Waals surface area contributed by atoms with Gasteiger partial charge in [0, 0.05) is 5.56 Å². The maximum Gasteiger partial charge on any atom is 0.134 e. The number of aliphatic hydroxyl groups excluding tert-OH is 1. The van der Waals surface area contributed by atoms with Gasteiger partial charge in [-0.2, -0.15) is 0 Å². The van der Waals surface area contributed by atoms with Crippen LogP contribution in [0, 0.1) is 5.82 Å². The monoisotopic (exact) mass is 206 g/mol. The van der Waals surface area contributed by atoms with E-state index in [-0.39, 0.29) is 5.82 Å². The van der Waals surface area contributed by atoms with Crippen molar-refractivity contribution in [3.05, 3.63) is 48.0 Å². The van der Waals surface area contributed by atoms with Crippen LogP contribution < -0.4 is 0 Å². The second-order valence-electron chi connectivity index (χ2n) is 3.39. The molecule has 0 aliphatic heterocycles. The molecular formula is C12H11FO2. The molecule has 1 aromatic carbocycles. The minimum atomic E-state index is -0.646. The zero-order chi connectivity index (χ0) is 10.8. The Hall–Kier alpha value is -1.61. The first-order valence-electron chi connectivity index (χ1n) is 4.70. The normalized spacial score (nSPS) is 12.7. The van der Waals surface area contributed by atoms with Crippen LogP contribution in [0.1, 0.15) is 18.8 Å². The van der Waals surface area contributed by atoms with Crippen LogP contribution in [0.4, 0.5) is 4.39 Å². The van der Waals surface area contributed by atoms with Crippen LogP contribution in [0.5, 0.6) is 0 Å². The summed E-state index contributed by atoms with van der Waals surface area (Å²) < 4.78 is 18.3. The van der Waals surface area contributed by atoms with Crippen LogP contribution in [-0.4, -0.2) is 5.11 Å². The number of rotatable bonds is 2. The van der Waals surface area contributed by atoms with Gasteiger partial charge in [0.2, 0.25) is 0 Å². The summed E-state index contributed by atoms with van der Waals surface area (Å²) in [5.41, 5.74) is 0.668. The molecule has 2 nitrogen and oxygen atoms in total. The largest absolute Gasteiger partial charge is 0.458 e. The average molecular weight is 206 g/mol. The van der Waals surface area contributed by atoms with Gasteiger partial charge in [-0.15, -0.1) is 0 Å². The van der Waals surface area contributed by atoms with Gasteiger partial charge < -0.3 is 9.52 Å². The molecule has 1 heterocycles. The van der Waals surface area contributed by atoms with Crippen molar-refractivity contribution in [2.45, 2.75) is 13.0 Å². The van der Waals surface area contributed by atoms with Crippen LogP contribution >= 0.6 is 0 Å². The first kappa shape index (κ1) is 9.93. The van der Waals surface area contributed by atoms with Crippen molar-refractivity contribution in [1.82, 2.24) is 0 Å². The maximum absolute atomic E-state index is 12.9. The molecule has 1 atom stereocenters. The summed E-state index contributed by atoms with van der Waals surface area (Å²) in [5.74, 6) is 0.738. The van der Waals surface area contributed by atoms with Crippen LogP contribution in [0.25, 0.3) is 11.3 Å². The minimum Gasteiger partial charge on any atom is -0.458 e. The van der Waals surface area contributed by atoms with Crippen molar-refractivity contribution in [2.24, 2.45) is 0 Å². The predicted molar refractivity (Wildman–Crippen MR) is 54.7 cm³/mol. The second kappa shape index (κ2) is 3.87. The van der Waals surface area contributed by atoms with Crippen LogP contribution in [0.2, 0.25) is 0 Å². The molecule has 2 aromatic rings. The molecule has 0 bridgehead atoms. The Morgan fingerprint density at radius 2 is 2.07 bits per heavy atom. The highest BCUT2D eigenvalue weighted by atomic mass is 19.1. The molecule has 0 aliphatic carbocycles. The predicted octanol–water partition coefficient (Wildman–Crippen LogP) is 3.14. The van der Waals surface area contributed by atoms with E-state index in [1.165, 1.54) is 12.1 Å². The number of furan rings is 1. The van der Waals surface area contributed by atoms with Crippen LogP contribution in [0.3, 0.4) is 0 Å². The summed E-state index contributed by atoms with van der Waals surface area (Å²) in [7, 11) is 0. The third kappa shape index (κ3) is 2.07. The van der Waals surface area contributed by atoms with Gasteiger partial charge in [-0.1, -0.05) is 12.1 Å². The molecule has 3 heteroatoms. The summed E-state index contributed by atoms with van der Waals surface area (Å²) in [5, 5.41) is 9.27. The summed E-state index contributed by atoms with van der Waals surface area (Å²) >= 11 is 0. The van der Waals surface area contributed by atoms with Gasteiger partial charge in [-0.05, 0) is 31.2 Å².